The van der Waals surface area contributed by atoms with Crippen molar-refractivity contribution in [2.45, 2.75) is 19.0 Å². The lowest BCUT2D eigenvalue weighted by Gasteiger charge is -2.32. The summed E-state index contributed by atoms with van der Waals surface area (Å²) in [5.41, 5.74) is 7.23. The number of anilines is 2. The molecule has 3 rings (SSSR count). The van der Waals surface area contributed by atoms with Crippen LogP contribution < -0.4 is 10.6 Å². The molecule has 2 heterocycles. The summed E-state index contributed by atoms with van der Waals surface area (Å²) in [5, 5.41) is 0. The van der Waals surface area contributed by atoms with Gasteiger partial charge in [0.2, 0.25) is 0 Å². The molecule has 2 N–H and O–H groups in total. The van der Waals surface area contributed by atoms with E-state index in [0.717, 1.165) is 0 Å². The molecular weight excluding hydrogens is 271 g/mol. The van der Waals surface area contributed by atoms with E-state index in [9.17, 15) is 13.2 Å². The molecule has 4 nitrogen and oxygen atoms in total. The molecule has 1 aliphatic heterocycles. The lowest BCUT2D eigenvalue weighted by Crippen LogP contribution is -2.41. The van der Waals surface area contributed by atoms with Gasteiger partial charge in [-0.05, 0) is 25.0 Å². The van der Waals surface area contributed by atoms with E-state index in [0.29, 0.717) is 29.8 Å². The minimum atomic E-state index is -4.18. The van der Waals surface area contributed by atoms with Crippen LogP contribution in [0.4, 0.5) is 24.9 Å². The number of oxazole rings is 1. The van der Waals surface area contributed by atoms with Crippen LogP contribution in [-0.2, 0) is 0 Å². The van der Waals surface area contributed by atoms with Crippen LogP contribution in [0.5, 0.6) is 0 Å². The molecule has 0 aliphatic carbocycles. The largest absolute Gasteiger partial charge is 0.423 e. The molecule has 0 spiro atoms. The van der Waals surface area contributed by atoms with E-state index >= 15 is 0 Å². The molecule has 1 atom stereocenters. The molecule has 1 saturated heterocycles. The van der Waals surface area contributed by atoms with Crippen LogP contribution in [0.1, 0.15) is 12.8 Å². The molecule has 20 heavy (non-hydrogen) atoms. The summed E-state index contributed by atoms with van der Waals surface area (Å²) in [7, 11) is 0. The van der Waals surface area contributed by atoms with Gasteiger partial charge in [-0.3, -0.25) is 0 Å². The van der Waals surface area contributed by atoms with Gasteiger partial charge in [-0.2, -0.15) is 18.2 Å². The average molecular weight is 285 g/mol. The zero-order valence-electron chi connectivity index (χ0n) is 10.7. The molecule has 0 radical (unpaired) electrons. The van der Waals surface area contributed by atoms with Crippen molar-refractivity contribution in [2.75, 3.05) is 23.7 Å². The Morgan fingerprint density at radius 3 is 2.85 bits per heavy atom. The maximum absolute atomic E-state index is 12.8. The quantitative estimate of drug-likeness (QED) is 0.818. The van der Waals surface area contributed by atoms with Crippen molar-refractivity contribution in [3.8, 4) is 0 Å². The van der Waals surface area contributed by atoms with Gasteiger partial charge >= 0.3 is 6.18 Å². The Balaban J connectivity index is 1.89. The van der Waals surface area contributed by atoms with Crippen LogP contribution in [0.3, 0.4) is 0 Å². The number of rotatable bonds is 1. The maximum Gasteiger partial charge on any atom is 0.393 e. The first-order chi connectivity index (χ1) is 9.45. The first kappa shape index (κ1) is 13.1. The van der Waals surface area contributed by atoms with Crippen molar-refractivity contribution in [1.82, 2.24) is 4.98 Å². The van der Waals surface area contributed by atoms with Crippen LogP contribution in [0.2, 0.25) is 0 Å². The van der Waals surface area contributed by atoms with Crippen molar-refractivity contribution < 1.29 is 17.6 Å². The second-order valence-corrected chi connectivity index (χ2v) is 5.02. The molecule has 1 aromatic carbocycles. The van der Waals surface area contributed by atoms with E-state index in [1.807, 2.05) is 0 Å². The van der Waals surface area contributed by atoms with Gasteiger partial charge in [-0.1, -0.05) is 6.07 Å². The second kappa shape index (κ2) is 4.57. The number of nitrogen functional groups attached to an aromatic ring is 1. The third-order valence-electron chi connectivity index (χ3n) is 3.59. The van der Waals surface area contributed by atoms with Gasteiger partial charge in [0, 0.05) is 13.1 Å². The molecule has 1 aliphatic rings. The van der Waals surface area contributed by atoms with E-state index in [4.69, 9.17) is 10.2 Å². The summed E-state index contributed by atoms with van der Waals surface area (Å²) in [4.78, 5) is 5.76. The Morgan fingerprint density at radius 2 is 2.15 bits per heavy atom. The number of benzene rings is 1. The Morgan fingerprint density at radius 1 is 1.35 bits per heavy atom. The molecule has 2 aromatic rings. The molecule has 0 saturated carbocycles. The Hall–Kier alpha value is -1.92. The highest BCUT2D eigenvalue weighted by molar-refractivity contribution is 5.86. The monoisotopic (exact) mass is 285 g/mol. The topological polar surface area (TPSA) is 55.3 Å². The number of nitrogens with zero attached hydrogens (tertiary/aromatic N) is 2. The van der Waals surface area contributed by atoms with Crippen molar-refractivity contribution in [3.05, 3.63) is 18.2 Å². The highest BCUT2D eigenvalue weighted by atomic mass is 19.4. The number of hydrogen-bond donors (Lipinski definition) is 1. The molecular formula is C13H14F3N3O. The van der Waals surface area contributed by atoms with Crippen molar-refractivity contribution in [2.24, 2.45) is 5.92 Å². The number of alkyl halides is 3. The summed E-state index contributed by atoms with van der Waals surface area (Å²) in [6.45, 7) is 0.398. The fourth-order valence-electron chi connectivity index (χ4n) is 2.51. The average Bonchev–Trinajstić information content (AvgIpc) is 2.83. The van der Waals surface area contributed by atoms with E-state index in [-0.39, 0.29) is 19.0 Å². The summed E-state index contributed by atoms with van der Waals surface area (Å²) < 4.78 is 43.9. The Bertz CT molecular complexity index is 623. The maximum atomic E-state index is 12.8. The molecule has 7 heteroatoms. The lowest BCUT2D eigenvalue weighted by molar-refractivity contribution is -0.176. The second-order valence-electron chi connectivity index (χ2n) is 5.02. The predicted molar refractivity (Wildman–Crippen MR) is 69.4 cm³/mol. The Kier molecular flexibility index (Phi) is 2.99. The number of para-hydroxylation sites is 1. The fraction of sp³-hybridized carbons (Fsp3) is 0.462. The number of halogens is 3. The fourth-order valence-corrected chi connectivity index (χ4v) is 2.51. The number of nitrogens with two attached hydrogens (primary N) is 1. The first-order valence-electron chi connectivity index (χ1n) is 6.42. The van der Waals surface area contributed by atoms with E-state index in [1.165, 1.54) is 0 Å². The highest BCUT2D eigenvalue weighted by Crippen LogP contribution is 2.35. The first-order valence-corrected chi connectivity index (χ1v) is 6.42. The molecule has 1 unspecified atom stereocenters. The van der Waals surface area contributed by atoms with Crippen molar-refractivity contribution in [3.63, 3.8) is 0 Å². The summed E-state index contributed by atoms with van der Waals surface area (Å²) in [5.74, 6) is -1.33. The minimum Gasteiger partial charge on any atom is -0.423 e. The number of aromatic nitrogens is 1. The van der Waals surface area contributed by atoms with Gasteiger partial charge in [0.15, 0.2) is 5.58 Å². The number of hydrogen-bond acceptors (Lipinski definition) is 4. The van der Waals surface area contributed by atoms with Crippen molar-refractivity contribution >= 4 is 22.8 Å². The summed E-state index contributed by atoms with van der Waals surface area (Å²) in [6.07, 6.45) is -3.55. The molecule has 0 amide bonds. The number of piperidine rings is 1. The summed E-state index contributed by atoms with van der Waals surface area (Å²) in [6, 6.07) is 5.32. The number of fused-ring (bicyclic) bond motifs is 1. The Labute approximate surface area is 113 Å². The smallest absolute Gasteiger partial charge is 0.393 e. The summed E-state index contributed by atoms with van der Waals surface area (Å²) >= 11 is 0. The minimum absolute atomic E-state index is 0.115. The normalized spacial score (nSPS) is 20.6. The van der Waals surface area contributed by atoms with Gasteiger partial charge in [0.05, 0.1) is 11.6 Å². The van der Waals surface area contributed by atoms with Crippen LogP contribution in [-0.4, -0.2) is 24.2 Å². The van der Waals surface area contributed by atoms with Crippen LogP contribution in [0, 0.1) is 5.92 Å². The third kappa shape index (κ3) is 2.28. The van der Waals surface area contributed by atoms with Gasteiger partial charge in [0.25, 0.3) is 6.01 Å². The van der Waals surface area contributed by atoms with Crippen LogP contribution in [0.25, 0.3) is 11.1 Å². The molecule has 1 fully saturated rings. The third-order valence-corrected chi connectivity index (χ3v) is 3.59. The molecule has 108 valence electrons. The van der Waals surface area contributed by atoms with Gasteiger partial charge < -0.3 is 15.1 Å². The van der Waals surface area contributed by atoms with Gasteiger partial charge in [-0.15, -0.1) is 0 Å². The molecule has 0 bridgehead atoms. The van der Waals surface area contributed by atoms with Gasteiger partial charge in [0.1, 0.15) is 5.52 Å². The highest BCUT2D eigenvalue weighted by Gasteiger charge is 2.42. The predicted octanol–water partition coefficient (Wildman–Crippen LogP) is 3.19. The van der Waals surface area contributed by atoms with Gasteiger partial charge in [-0.25, -0.2) is 0 Å². The zero-order chi connectivity index (χ0) is 14.3. The lowest BCUT2D eigenvalue weighted by atomic mass is 9.98. The molecule has 1 aromatic heterocycles. The van der Waals surface area contributed by atoms with Crippen LogP contribution in [0.15, 0.2) is 22.6 Å². The van der Waals surface area contributed by atoms with Crippen molar-refractivity contribution in [1.29, 1.82) is 0 Å². The van der Waals surface area contributed by atoms with E-state index in [2.05, 4.69) is 4.98 Å². The van der Waals surface area contributed by atoms with E-state index in [1.54, 1.807) is 23.1 Å². The van der Waals surface area contributed by atoms with Crippen LogP contribution >= 0.6 is 0 Å². The standard InChI is InChI=1S/C13H14F3N3O/c14-13(15,16)8-3-2-6-19(7-8)12-18-11-9(17)4-1-5-10(11)20-12/h1,4-5,8H,2-3,6-7,17H2. The zero-order valence-corrected chi connectivity index (χ0v) is 10.7. The van der Waals surface area contributed by atoms with E-state index < -0.39 is 12.1 Å². The SMILES string of the molecule is Nc1cccc2oc(N3CCCC(C(F)(F)F)C3)nc12.